The van der Waals surface area contributed by atoms with Crippen LogP contribution in [0.5, 0.6) is 0 Å². The highest BCUT2D eigenvalue weighted by molar-refractivity contribution is 8.13. The fourth-order valence-electron chi connectivity index (χ4n) is 2.21. The first kappa shape index (κ1) is 22.6. The fraction of sp³-hybridized carbons (Fsp3) is 0.579. The number of amidine groups is 1. The number of carbonyl (C=O) groups is 1. The second kappa shape index (κ2) is 10.7. The largest absolute Gasteiger partial charge is 0.444 e. The highest BCUT2D eigenvalue weighted by Gasteiger charge is 2.19. The Hall–Kier alpha value is -1.40. The summed E-state index contributed by atoms with van der Waals surface area (Å²) < 4.78 is 5.33. The van der Waals surface area contributed by atoms with Gasteiger partial charge in [-0.2, -0.15) is 0 Å². The Morgan fingerprint density at radius 3 is 2.46 bits per heavy atom. The Bertz CT molecular complexity index is 600. The molecule has 0 bridgehead atoms. The molecule has 0 spiro atoms. The predicted molar refractivity (Wildman–Crippen MR) is 113 cm³/mol. The highest BCUT2D eigenvalue weighted by atomic mass is 35.5. The second-order valence-corrected chi connectivity index (χ2v) is 8.25. The van der Waals surface area contributed by atoms with Crippen LogP contribution < -0.4 is 5.32 Å². The van der Waals surface area contributed by atoms with Crippen molar-refractivity contribution in [2.24, 2.45) is 4.99 Å². The Labute approximate surface area is 166 Å². The number of carbonyl (C=O) groups excluding carboxylic acids is 1. The van der Waals surface area contributed by atoms with Crippen LogP contribution in [0.1, 0.15) is 40.5 Å². The van der Waals surface area contributed by atoms with Gasteiger partial charge >= 0.3 is 6.09 Å². The molecule has 26 heavy (non-hydrogen) atoms. The molecule has 0 fully saturated rings. The molecule has 5 nitrogen and oxygen atoms in total. The molecule has 0 saturated heterocycles. The first-order valence-corrected chi connectivity index (χ1v) is 10.3. The van der Waals surface area contributed by atoms with Crippen molar-refractivity contribution in [1.29, 1.82) is 0 Å². The molecule has 0 radical (unpaired) electrons. The van der Waals surface area contributed by atoms with Crippen LogP contribution >= 0.6 is 23.4 Å². The number of nitrogens with one attached hydrogen (secondary N) is 1. The Balaban J connectivity index is 2.61. The number of aliphatic imine (C=N–C) groups is 1. The van der Waals surface area contributed by atoms with Crippen molar-refractivity contribution >= 4 is 40.3 Å². The van der Waals surface area contributed by atoms with Gasteiger partial charge in [-0.25, -0.2) is 9.79 Å². The number of nitrogens with zero attached hydrogens (tertiary/aromatic N) is 2. The van der Waals surface area contributed by atoms with Crippen molar-refractivity contribution in [1.82, 2.24) is 10.2 Å². The van der Waals surface area contributed by atoms with Crippen molar-refractivity contribution in [2.75, 3.05) is 19.8 Å². The van der Waals surface area contributed by atoms with Crippen LogP contribution in [0.4, 0.5) is 10.5 Å². The molecule has 1 aromatic carbocycles. The molecule has 7 heteroatoms. The van der Waals surface area contributed by atoms with E-state index in [0.29, 0.717) is 5.02 Å². The van der Waals surface area contributed by atoms with Gasteiger partial charge in [0.05, 0.1) is 5.69 Å². The number of rotatable bonds is 6. The molecule has 0 saturated carbocycles. The van der Waals surface area contributed by atoms with Gasteiger partial charge < -0.3 is 15.0 Å². The lowest BCUT2D eigenvalue weighted by Gasteiger charge is -2.25. The van der Waals surface area contributed by atoms with Crippen molar-refractivity contribution in [3.63, 3.8) is 0 Å². The zero-order valence-electron chi connectivity index (χ0n) is 16.5. The third-order valence-electron chi connectivity index (χ3n) is 3.59. The van der Waals surface area contributed by atoms with E-state index in [-0.39, 0.29) is 12.1 Å². The summed E-state index contributed by atoms with van der Waals surface area (Å²) in [6.07, 6.45) is 3.29. The predicted octanol–water partition coefficient (Wildman–Crippen LogP) is 5.32. The minimum atomic E-state index is -0.490. The molecular formula is C19H30ClN3O2S. The summed E-state index contributed by atoms with van der Waals surface area (Å²) in [6, 6.07) is 7.51. The minimum Gasteiger partial charge on any atom is -0.444 e. The lowest BCUT2D eigenvalue weighted by atomic mass is 10.1. The van der Waals surface area contributed by atoms with E-state index in [4.69, 9.17) is 16.3 Å². The fourth-order valence-corrected chi connectivity index (χ4v) is 2.94. The van der Waals surface area contributed by atoms with Crippen LogP contribution in [0, 0.1) is 0 Å². The lowest BCUT2D eigenvalue weighted by molar-refractivity contribution is 0.0499. The molecule has 146 valence electrons. The first-order valence-electron chi connectivity index (χ1n) is 8.73. The van der Waals surface area contributed by atoms with E-state index in [2.05, 4.69) is 22.1 Å². The third-order valence-corrected chi connectivity index (χ3v) is 4.61. The van der Waals surface area contributed by atoms with Gasteiger partial charge in [0.1, 0.15) is 5.60 Å². The normalized spacial score (nSPS) is 13.3. The van der Waals surface area contributed by atoms with Crippen molar-refractivity contribution in [3.8, 4) is 0 Å². The molecule has 1 N–H and O–H groups in total. The number of amides is 1. The molecular weight excluding hydrogens is 370 g/mol. The minimum absolute atomic E-state index is 0.0611. The number of hydrogen-bond acceptors (Lipinski definition) is 4. The number of ether oxygens (including phenoxy) is 1. The Morgan fingerprint density at radius 1 is 1.35 bits per heavy atom. The molecule has 1 unspecified atom stereocenters. The average Bonchev–Trinajstić information content (AvgIpc) is 2.56. The Morgan fingerprint density at radius 2 is 1.96 bits per heavy atom. The SMILES string of the molecule is CCC(CCN(C)C(=Nc1ccc(Cl)cc1)SC)NC(=O)OC(C)(C)C. The number of alkyl carbamates (subject to hydrolysis) is 1. The molecule has 0 heterocycles. The molecule has 1 rings (SSSR count). The van der Waals surface area contributed by atoms with Gasteiger partial charge in [0.15, 0.2) is 5.17 Å². The van der Waals surface area contributed by atoms with Gasteiger partial charge in [-0.1, -0.05) is 30.3 Å². The van der Waals surface area contributed by atoms with Crippen molar-refractivity contribution in [2.45, 2.75) is 52.2 Å². The Kier molecular flexibility index (Phi) is 9.30. The number of hydrogen-bond donors (Lipinski definition) is 1. The summed E-state index contributed by atoms with van der Waals surface area (Å²) in [5, 5.41) is 4.55. The summed E-state index contributed by atoms with van der Waals surface area (Å²) in [5.41, 5.74) is 0.376. The molecule has 1 atom stereocenters. The van der Waals surface area contributed by atoms with E-state index in [0.717, 1.165) is 30.2 Å². The van der Waals surface area contributed by atoms with E-state index < -0.39 is 5.60 Å². The molecule has 0 aliphatic rings. The van der Waals surface area contributed by atoms with Gasteiger partial charge in [0.25, 0.3) is 0 Å². The number of halogens is 1. The molecule has 1 aromatic rings. The van der Waals surface area contributed by atoms with Gasteiger partial charge in [-0.3, -0.25) is 0 Å². The molecule has 0 aliphatic carbocycles. The van der Waals surface area contributed by atoms with Crippen LogP contribution in [0.3, 0.4) is 0 Å². The standard InChI is InChI=1S/C19H30ClN3O2S/c1-7-15(22-18(24)25-19(2,3)4)12-13-23(5)17(26-6)21-16-10-8-14(20)9-11-16/h8-11,15H,7,12-13H2,1-6H3,(H,22,24). The smallest absolute Gasteiger partial charge is 0.407 e. The van der Waals surface area contributed by atoms with Crippen LogP contribution in [-0.2, 0) is 4.74 Å². The highest BCUT2D eigenvalue weighted by Crippen LogP contribution is 2.19. The first-order chi connectivity index (χ1) is 12.1. The van der Waals surface area contributed by atoms with E-state index in [1.54, 1.807) is 11.8 Å². The second-order valence-electron chi connectivity index (χ2n) is 7.04. The van der Waals surface area contributed by atoms with Gasteiger partial charge in [-0.15, -0.1) is 0 Å². The van der Waals surface area contributed by atoms with Crippen molar-refractivity contribution < 1.29 is 9.53 Å². The number of thioether (sulfide) groups is 1. The quantitative estimate of drug-likeness (QED) is 0.519. The maximum Gasteiger partial charge on any atom is 0.407 e. The monoisotopic (exact) mass is 399 g/mol. The summed E-state index contributed by atoms with van der Waals surface area (Å²) in [6.45, 7) is 8.42. The van der Waals surface area contributed by atoms with Crippen molar-refractivity contribution in [3.05, 3.63) is 29.3 Å². The summed E-state index contributed by atoms with van der Waals surface area (Å²) >= 11 is 7.51. The lowest BCUT2D eigenvalue weighted by Crippen LogP contribution is -2.40. The summed E-state index contributed by atoms with van der Waals surface area (Å²) in [7, 11) is 2.01. The molecule has 0 aromatic heterocycles. The van der Waals surface area contributed by atoms with Crippen LogP contribution in [0.25, 0.3) is 0 Å². The number of benzene rings is 1. The van der Waals surface area contributed by atoms with Crippen LogP contribution in [0.2, 0.25) is 5.02 Å². The third kappa shape index (κ3) is 8.81. The van der Waals surface area contributed by atoms with E-state index >= 15 is 0 Å². The maximum absolute atomic E-state index is 11.9. The van der Waals surface area contributed by atoms with Gasteiger partial charge in [0.2, 0.25) is 0 Å². The van der Waals surface area contributed by atoms with Gasteiger partial charge in [-0.05, 0) is 64.1 Å². The molecule has 0 aliphatic heterocycles. The van der Waals surface area contributed by atoms with Crippen LogP contribution in [0.15, 0.2) is 29.3 Å². The topological polar surface area (TPSA) is 53.9 Å². The summed E-state index contributed by atoms with van der Waals surface area (Å²) in [4.78, 5) is 18.7. The zero-order chi connectivity index (χ0) is 19.7. The molecule has 1 amide bonds. The zero-order valence-corrected chi connectivity index (χ0v) is 18.1. The van der Waals surface area contributed by atoms with E-state index in [1.165, 1.54) is 0 Å². The maximum atomic E-state index is 11.9. The average molecular weight is 400 g/mol. The van der Waals surface area contributed by atoms with E-state index in [9.17, 15) is 4.79 Å². The van der Waals surface area contributed by atoms with Gasteiger partial charge in [0, 0.05) is 24.7 Å². The summed E-state index contributed by atoms with van der Waals surface area (Å²) in [5.74, 6) is 0. The van der Waals surface area contributed by atoms with E-state index in [1.807, 2.05) is 58.3 Å². The van der Waals surface area contributed by atoms with Crippen LogP contribution in [-0.4, -0.2) is 47.7 Å².